The molecule has 1 aromatic carbocycles. The quantitative estimate of drug-likeness (QED) is 0.708. The smallest absolute Gasteiger partial charge is 0.255 e. The number of phenols is 1. The third kappa shape index (κ3) is 3.74. The normalized spacial score (nSPS) is 14.1. The van der Waals surface area contributed by atoms with Crippen LogP contribution >= 0.6 is 11.3 Å². The summed E-state index contributed by atoms with van der Waals surface area (Å²) in [4.78, 5) is 23.4. The van der Waals surface area contributed by atoms with Crippen molar-refractivity contribution in [1.82, 2.24) is 14.9 Å². The zero-order valence-electron chi connectivity index (χ0n) is 15.1. The second-order valence-corrected chi connectivity index (χ2v) is 7.46. The van der Waals surface area contributed by atoms with Gasteiger partial charge >= 0.3 is 0 Å². The van der Waals surface area contributed by atoms with Crippen LogP contribution in [-0.4, -0.2) is 33.1 Å². The third-order valence-electron chi connectivity index (χ3n) is 4.63. The number of ether oxygens (including phenoxy) is 1. The van der Waals surface area contributed by atoms with E-state index in [0.717, 1.165) is 34.7 Å². The average Bonchev–Trinajstić information content (AvgIpc) is 3.20. The first-order valence-electron chi connectivity index (χ1n) is 8.97. The van der Waals surface area contributed by atoms with Crippen LogP contribution < -0.4 is 10.3 Å². The number of phenolic OH excluding ortho intramolecular Hbond substituents is 1. The molecule has 0 spiro atoms. The lowest BCUT2D eigenvalue weighted by Gasteiger charge is -2.27. The number of nitrogens with one attached hydrogen (secondary N) is 1. The van der Waals surface area contributed by atoms with E-state index in [-0.39, 0.29) is 11.3 Å². The first-order chi connectivity index (χ1) is 13.1. The Morgan fingerprint density at radius 1 is 1.37 bits per heavy atom. The highest BCUT2D eigenvalue weighted by molar-refractivity contribution is 7.13. The molecular weight excluding hydrogens is 362 g/mol. The Labute approximate surface area is 161 Å². The summed E-state index contributed by atoms with van der Waals surface area (Å²) in [7, 11) is 0. The third-order valence-corrected chi connectivity index (χ3v) is 5.51. The van der Waals surface area contributed by atoms with E-state index in [4.69, 9.17) is 4.74 Å². The number of aromatic amines is 1. The Balaban J connectivity index is 1.54. The van der Waals surface area contributed by atoms with Gasteiger partial charge in [0, 0.05) is 26.1 Å². The van der Waals surface area contributed by atoms with Crippen LogP contribution in [0.3, 0.4) is 0 Å². The number of aromatic nitrogens is 2. The summed E-state index contributed by atoms with van der Waals surface area (Å²) in [5.74, 6) is 1.29. The van der Waals surface area contributed by atoms with Gasteiger partial charge in [0.2, 0.25) is 0 Å². The van der Waals surface area contributed by atoms with Crippen LogP contribution in [0.1, 0.15) is 23.7 Å². The number of hydrogen-bond acceptors (Lipinski definition) is 6. The Morgan fingerprint density at radius 2 is 2.26 bits per heavy atom. The van der Waals surface area contributed by atoms with Gasteiger partial charge in [-0.25, -0.2) is 4.98 Å². The molecule has 3 heterocycles. The second kappa shape index (κ2) is 7.54. The Morgan fingerprint density at radius 3 is 3.04 bits per heavy atom. The zero-order valence-corrected chi connectivity index (χ0v) is 15.9. The molecule has 1 aliphatic rings. The minimum absolute atomic E-state index is 0.0613. The van der Waals surface area contributed by atoms with Gasteiger partial charge in [-0.2, -0.15) is 0 Å². The largest absolute Gasteiger partial charge is 0.504 e. The maximum atomic E-state index is 12.6. The maximum absolute atomic E-state index is 12.6. The van der Waals surface area contributed by atoms with Crippen LogP contribution in [0.5, 0.6) is 11.5 Å². The van der Waals surface area contributed by atoms with Crippen LogP contribution in [0.15, 0.2) is 40.5 Å². The number of hydrogen-bond donors (Lipinski definition) is 2. The molecule has 3 aromatic rings. The molecule has 0 saturated carbocycles. The molecule has 0 radical (unpaired) electrons. The molecule has 2 aromatic heterocycles. The Kier molecular flexibility index (Phi) is 4.96. The van der Waals surface area contributed by atoms with Crippen LogP contribution in [0.2, 0.25) is 0 Å². The molecule has 6 nitrogen and oxygen atoms in total. The number of aromatic hydroxyl groups is 1. The maximum Gasteiger partial charge on any atom is 0.255 e. The fraction of sp³-hybridized carbons (Fsp3) is 0.300. The minimum atomic E-state index is -0.0613. The summed E-state index contributed by atoms with van der Waals surface area (Å²) >= 11 is 1.57. The number of nitrogens with zero attached hydrogens (tertiary/aromatic N) is 2. The van der Waals surface area contributed by atoms with Crippen molar-refractivity contribution in [2.24, 2.45) is 0 Å². The molecule has 0 aliphatic carbocycles. The molecular formula is C20H21N3O3S. The standard InChI is InChI=1S/C20H21N3O3S/c1-2-26-17-10-13(5-6-16(17)24)11-23-8-7-15-14(12-23)20(25)22-19(21-15)18-4-3-9-27-18/h3-6,9-10,24H,2,7-8,11-12H2,1H3,(H,21,22,25). The van der Waals surface area contributed by atoms with Gasteiger partial charge in [-0.3, -0.25) is 9.69 Å². The molecule has 27 heavy (non-hydrogen) atoms. The summed E-state index contributed by atoms with van der Waals surface area (Å²) in [6.07, 6.45) is 0.744. The van der Waals surface area contributed by atoms with Crippen LogP contribution in [0.25, 0.3) is 10.7 Å². The molecule has 140 valence electrons. The van der Waals surface area contributed by atoms with E-state index in [1.54, 1.807) is 17.4 Å². The number of fused-ring (bicyclic) bond motifs is 1. The van der Waals surface area contributed by atoms with E-state index in [1.807, 2.05) is 36.6 Å². The van der Waals surface area contributed by atoms with Crippen molar-refractivity contribution in [3.8, 4) is 22.2 Å². The van der Waals surface area contributed by atoms with E-state index < -0.39 is 0 Å². The molecule has 0 amide bonds. The first kappa shape index (κ1) is 17.8. The summed E-state index contributed by atoms with van der Waals surface area (Å²) in [5.41, 5.74) is 2.61. The summed E-state index contributed by atoms with van der Waals surface area (Å²) in [6, 6.07) is 9.31. The van der Waals surface area contributed by atoms with Gasteiger partial charge in [0.15, 0.2) is 17.3 Å². The molecule has 1 aliphatic heterocycles. The van der Waals surface area contributed by atoms with Gasteiger partial charge in [0.25, 0.3) is 5.56 Å². The van der Waals surface area contributed by atoms with Crippen molar-refractivity contribution in [3.63, 3.8) is 0 Å². The van der Waals surface area contributed by atoms with Crippen molar-refractivity contribution >= 4 is 11.3 Å². The van der Waals surface area contributed by atoms with Gasteiger partial charge in [0.1, 0.15) is 0 Å². The minimum Gasteiger partial charge on any atom is -0.504 e. The SMILES string of the molecule is CCOc1cc(CN2CCc3nc(-c4cccs4)[nH]c(=O)c3C2)ccc1O. The van der Waals surface area contributed by atoms with Crippen molar-refractivity contribution in [1.29, 1.82) is 0 Å². The van der Waals surface area contributed by atoms with Gasteiger partial charge in [-0.1, -0.05) is 12.1 Å². The molecule has 2 N–H and O–H groups in total. The zero-order chi connectivity index (χ0) is 18.8. The van der Waals surface area contributed by atoms with Gasteiger partial charge in [-0.15, -0.1) is 11.3 Å². The molecule has 0 fully saturated rings. The summed E-state index contributed by atoms with van der Waals surface area (Å²) in [6.45, 7) is 4.47. The van der Waals surface area contributed by atoms with E-state index in [1.165, 1.54) is 0 Å². The van der Waals surface area contributed by atoms with Crippen LogP contribution in [0.4, 0.5) is 0 Å². The van der Waals surface area contributed by atoms with E-state index in [2.05, 4.69) is 14.9 Å². The number of H-pyrrole nitrogens is 1. The van der Waals surface area contributed by atoms with Crippen molar-refractivity contribution < 1.29 is 9.84 Å². The molecule has 0 atom stereocenters. The lowest BCUT2D eigenvalue weighted by Crippen LogP contribution is -2.35. The fourth-order valence-electron chi connectivity index (χ4n) is 3.33. The summed E-state index contributed by atoms with van der Waals surface area (Å²) in [5, 5.41) is 11.8. The Hall–Kier alpha value is -2.64. The van der Waals surface area contributed by atoms with Gasteiger partial charge in [-0.05, 0) is 36.1 Å². The molecule has 0 unspecified atom stereocenters. The Bertz CT molecular complexity index is 998. The number of thiophene rings is 1. The fourth-order valence-corrected chi connectivity index (χ4v) is 4.00. The highest BCUT2D eigenvalue weighted by Crippen LogP contribution is 2.28. The van der Waals surface area contributed by atoms with Crippen molar-refractivity contribution in [3.05, 3.63) is 62.9 Å². The predicted molar refractivity (Wildman–Crippen MR) is 105 cm³/mol. The monoisotopic (exact) mass is 383 g/mol. The highest BCUT2D eigenvalue weighted by Gasteiger charge is 2.22. The second-order valence-electron chi connectivity index (χ2n) is 6.51. The lowest BCUT2D eigenvalue weighted by molar-refractivity contribution is 0.241. The first-order valence-corrected chi connectivity index (χ1v) is 9.85. The van der Waals surface area contributed by atoms with Crippen molar-refractivity contribution in [2.75, 3.05) is 13.2 Å². The van der Waals surface area contributed by atoms with Gasteiger partial charge in [0.05, 0.1) is 22.7 Å². The van der Waals surface area contributed by atoms with E-state index >= 15 is 0 Å². The topological polar surface area (TPSA) is 78.5 Å². The summed E-state index contributed by atoms with van der Waals surface area (Å²) < 4.78 is 5.46. The highest BCUT2D eigenvalue weighted by atomic mass is 32.1. The predicted octanol–water partition coefficient (Wildman–Crippen LogP) is 3.16. The van der Waals surface area contributed by atoms with Crippen molar-refractivity contribution in [2.45, 2.75) is 26.4 Å². The molecule has 0 bridgehead atoms. The van der Waals surface area contributed by atoms with Crippen LogP contribution in [0, 0.1) is 0 Å². The molecule has 7 heteroatoms. The number of benzene rings is 1. The van der Waals surface area contributed by atoms with Gasteiger partial charge < -0.3 is 14.8 Å². The van der Waals surface area contributed by atoms with E-state index in [0.29, 0.717) is 31.3 Å². The number of rotatable bonds is 5. The average molecular weight is 383 g/mol. The molecule has 0 saturated heterocycles. The van der Waals surface area contributed by atoms with Crippen LogP contribution in [-0.2, 0) is 19.5 Å². The molecule has 4 rings (SSSR count). The van der Waals surface area contributed by atoms with E-state index in [9.17, 15) is 9.90 Å². The lowest BCUT2D eigenvalue weighted by atomic mass is 10.1.